The Kier molecular flexibility index (Phi) is 4.87. The lowest BCUT2D eigenvalue weighted by Gasteiger charge is -2.31. The maximum Gasteiger partial charge on any atom is 0.255 e. The van der Waals surface area contributed by atoms with Crippen molar-refractivity contribution < 1.29 is 18.7 Å². The summed E-state index contributed by atoms with van der Waals surface area (Å²) in [5.74, 6) is 0.341. The molecule has 3 N–H and O–H groups in total. The third kappa shape index (κ3) is 3.50. The maximum atomic E-state index is 14.0. The van der Waals surface area contributed by atoms with Gasteiger partial charge in [0.1, 0.15) is 19.0 Å². The number of benzene rings is 2. The number of thiocarbonyl (C=S) groups is 1. The van der Waals surface area contributed by atoms with Crippen molar-refractivity contribution in [2.75, 3.05) is 18.5 Å². The van der Waals surface area contributed by atoms with Crippen LogP contribution in [0.25, 0.3) is 0 Å². The van der Waals surface area contributed by atoms with Crippen LogP contribution in [0.3, 0.4) is 0 Å². The van der Waals surface area contributed by atoms with Crippen LogP contribution in [0.5, 0.6) is 11.5 Å². The van der Waals surface area contributed by atoms with Gasteiger partial charge in [-0.2, -0.15) is 0 Å². The number of rotatable bonds is 3. The molecule has 2 aromatic carbocycles. The molecular formula is C20H18FN3O3S. The van der Waals surface area contributed by atoms with Crippen molar-refractivity contribution in [2.24, 2.45) is 0 Å². The summed E-state index contributed by atoms with van der Waals surface area (Å²) in [6.45, 7) is 2.72. The molecule has 0 aliphatic carbocycles. The van der Waals surface area contributed by atoms with Gasteiger partial charge in [0.15, 0.2) is 16.6 Å². The van der Waals surface area contributed by atoms with Crippen LogP contribution < -0.4 is 25.4 Å². The molecule has 2 aliphatic rings. The number of nitrogens with one attached hydrogen (secondary N) is 3. The summed E-state index contributed by atoms with van der Waals surface area (Å²) < 4.78 is 25.2. The molecule has 28 heavy (non-hydrogen) atoms. The van der Waals surface area contributed by atoms with Gasteiger partial charge in [-0.05, 0) is 49.0 Å². The SMILES string of the molecule is CC1=C(C(=O)Nc2ccccc2F)C(c2ccc3c(c2)OCCO3)NC(=S)N1. The molecule has 0 radical (unpaired) electrons. The maximum absolute atomic E-state index is 14.0. The lowest BCUT2D eigenvalue weighted by atomic mass is 9.94. The Hall–Kier alpha value is -3.13. The van der Waals surface area contributed by atoms with Gasteiger partial charge in [-0.15, -0.1) is 0 Å². The molecule has 0 saturated heterocycles. The molecule has 1 unspecified atom stereocenters. The highest BCUT2D eigenvalue weighted by Crippen LogP contribution is 2.36. The highest BCUT2D eigenvalue weighted by molar-refractivity contribution is 7.80. The van der Waals surface area contributed by atoms with Crippen molar-refractivity contribution in [3.63, 3.8) is 0 Å². The normalized spacial score (nSPS) is 18.2. The molecule has 0 spiro atoms. The Morgan fingerprint density at radius 2 is 1.93 bits per heavy atom. The van der Waals surface area contributed by atoms with Crippen molar-refractivity contribution in [1.29, 1.82) is 0 Å². The van der Waals surface area contributed by atoms with Crippen LogP contribution in [0.1, 0.15) is 18.5 Å². The van der Waals surface area contributed by atoms with Crippen LogP contribution in [0.15, 0.2) is 53.7 Å². The minimum atomic E-state index is -0.517. The Morgan fingerprint density at radius 3 is 2.71 bits per heavy atom. The summed E-state index contributed by atoms with van der Waals surface area (Å²) >= 11 is 5.27. The Morgan fingerprint density at radius 1 is 1.18 bits per heavy atom. The van der Waals surface area contributed by atoms with E-state index in [2.05, 4.69) is 16.0 Å². The van der Waals surface area contributed by atoms with Crippen molar-refractivity contribution in [3.05, 3.63) is 65.1 Å². The molecule has 1 amide bonds. The summed E-state index contributed by atoms with van der Waals surface area (Å²) in [5.41, 5.74) is 1.90. The number of allylic oxidation sites excluding steroid dienone is 1. The summed E-state index contributed by atoms with van der Waals surface area (Å²) in [4.78, 5) is 13.0. The fraction of sp³-hybridized carbons (Fsp3) is 0.200. The molecule has 2 heterocycles. The third-order valence-corrected chi connectivity index (χ3v) is 4.76. The second-order valence-corrected chi connectivity index (χ2v) is 6.82. The lowest BCUT2D eigenvalue weighted by Crippen LogP contribution is -2.45. The summed E-state index contributed by atoms with van der Waals surface area (Å²) in [5, 5.41) is 9.11. The number of amides is 1. The van der Waals surface area contributed by atoms with Gasteiger partial charge < -0.3 is 25.4 Å². The van der Waals surface area contributed by atoms with E-state index in [1.54, 1.807) is 25.1 Å². The quantitative estimate of drug-likeness (QED) is 0.690. The molecule has 4 rings (SSSR count). The first-order valence-electron chi connectivity index (χ1n) is 8.76. The molecular weight excluding hydrogens is 381 g/mol. The van der Waals surface area contributed by atoms with Gasteiger partial charge in [-0.3, -0.25) is 4.79 Å². The minimum Gasteiger partial charge on any atom is -0.486 e. The molecule has 2 aromatic rings. The highest BCUT2D eigenvalue weighted by atomic mass is 32.1. The van der Waals surface area contributed by atoms with E-state index >= 15 is 0 Å². The molecule has 6 nitrogen and oxygen atoms in total. The standard InChI is InChI=1S/C20H18FN3O3S/c1-11-17(19(25)23-14-5-3-2-4-13(14)21)18(24-20(28)22-11)12-6-7-15-16(10-12)27-9-8-26-15/h2-7,10,18H,8-9H2,1H3,(H,23,25)(H2,22,24,28). The van der Waals surface area contributed by atoms with Crippen LogP contribution >= 0.6 is 12.2 Å². The van der Waals surface area contributed by atoms with E-state index in [0.29, 0.717) is 41.1 Å². The number of ether oxygens (including phenoxy) is 2. The molecule has 0 aromatic heterocycles. The summed E-state index contributed by atoms with van der Waals surface area (Å²) in [7, 11) is 0. The minimum absolute atomic E-state index is 0.113. The third-order valence-electron chi connectivity index (χ3n) is 4.54. The largest absolute Gasteiger partial charge is 0.486 e. The van der Waals surface area contributed by atoms with E-state index in [1.807, 2.05) is 12.1 Å². The van der Waals surface area contributed by atoms with Gasteiger partial charge in [0.05, 0.1) is 17.3 Å². The van der Waals surface area contributed by atoms with E-state index in [1.165, 1.54) is 12.1 Å². The van der Waals surface area contributed by atoms with Gasteiger partial charge in [0.2, 0.25) is 0 Å². The zero-order chi connectivity index (χ0) is 19.7. The van der Waals surface area contributed by atoms with Crippen LogP contribution in [0.2, 0.25) is 0 Å². The van der Waals surface area contributed by atoms with E-state index in [0.717, 1.165) is 5.56 Å². The van der Waals surface area contributed by atoms with Crippen molar-refractivity contribution >= 4 is 28.9 Å². The molecule has 0 saturated carbocycles. The van der Waals surface area contributed by atoms with Crippen LogP contribution in [-0.4, -0.2) is 24.2 Å². The Balaban J connectivity index is 1.69. The summed E-state index contributed by atoms with van der Waals surface area (Å²) in [6, 6.07) is 11.0. The monoisotopic (exact) mass is 399 g/mol. The summed E-state index contributed by atoms with van der Waals surface area (Å²) in [6.07, 6.45) is 0. The number of anilines is 1. The first-order chi connectivity index (χ1) is 13.5. The molecule has 144 valence electrons. The first kappa shape index (κ1) is 18.2. The van der Waals surface area contributed by atoms with Gasteiger partial charge in [0.25, 0.3) is 5.91 Å². The molecule has 0 bridgehead atoms. The van der Waals surface area contributed by atoms with Crippen LogP contribution in [0.4, 0.5) is 10.1 Å². The predicted molar refractivity (Wildman–Crippen MR) is 107 cm³/mol. The average molecular weight is 399 g/mol. The molecule has 1 atom stereocenters. The number of hydrogen-bond donors (Lipinski definition) is 3. The number of carbonyl (C=O) groups is 1. The smallest absolute Gasteiger partial charge is 0.255 e. The number of carbonyl (C=O) groups excluding carboxylic acids is 1. The van der Waals surface area contributed by atoms with Gasteiger partial charge in [0, 0.05) is 5.70 Å². The second-order valence-electron chi connectivity index (χ2n) is 6.41. The van der Waals surface area contributed by atoms with E-state index < -0.39 is 17.8 Å². The van der Waals surface area contributed by atoms with E-state index in [9.17, 15) is 9.18 Å². The molecule has 2 aliphatic heterocycles. The van der Waals surface area contributed by atoms with Crippen LogP contribution in [0, 0.1) is 5.82 Å². The van der Waals surface area contributed by atoms with E-state index in [4.69, 9.17) is 21.7 Å². The van der Waals surface area contributed by atoms with Gasteiger partial charge in [-0.25, -0.2) is 4.39 Å². The first-order valence-corrected chi connectivity index (χ1v) is 9.17. The number of halogens is 1. The van der Waals surface area contributed by atoms with Crippen molar-refractivity contribution in [3.8, 4) is 11.5 Å². The topological polar surface area (TPSA) is 71.6 Å². The van der Waals surface area contributed by atoms with Crippen LogP contribution in [-0.2, 0) is 4.79 Å². The average Bonchev–Trinajstić information content (AvgIpc) is 2.68. The Labute approximate surface area is 166 Å². The molecule has 8 heteroatoms. The lowest BCUT2D eigenvalue weighted by molar-refractivity contribution is -0.113. The number of hydrogen-bond acceptors (Lipinski definition) is 4. The predicted octanol–water partition coefficient (Wildman–Crippen LogP) is 3.03. The number of para-hydroxylation sites is 1. The molecule has 0 fully saturated rings. The fourth-order valence-electron chi connectivity index (χ4n) is 3.24. The zero-order valence-electron chi connectivity index (χ0n) is 15.0. The van der Waals surface area contributed by atoms with E-state index in [-0.39, 0.29) is 5.69 Å². The second kappa shape index (κ2) is 7.47. The van der Waals surface area contributed by atoms with Crippen molar-refractivity contribution in [2.45, 2.75) is 13.0 Å². The van der Waals surface area contributed by atoms with Gasteiger partial charge in [-0.1, -0.05) is 18.2 Å². The number of fused-ring (bicyclic) bond motifs is 1. The van der Waals surface area contributed by atoms with Gasteiger partial charge >= 0.3 is 0 Å². The fourth-order valence-corrected chi connectivity index (χ4v) is 3.51. The Bertz CT molecular complexity index is 992. The highest BCUT2D eigenvalue weighted by Gasteiger charge is 2.31. The van der Waals surface area contributed by atoms with Crippen molar-refractivity contribution in [1.82, 2.24) is 10.6 Å². The zero-order valence-corrected chi connectivity index (χ0v) is 15.9.